The van der Waals surface area contributed by atoms with Crippen LogP contribution in [-0.2, 0) is 11.8 Å². The molecular weight excluding hydrogens is 229 g/mol. The van der Waals surface area contributed by atoms with Crippen LogP contribution in [0.4, 0.5) is 4.39 Å². The first-order valence-electron chi connectivity index (χ1n) is 5.43. The molecule has 0 aliphatic heterocycles. The maximum Gasteiger partial charge on any atom is 0.145 e. The molecule has 2 rings (SSSR count). The molecule has 1 unspecified atom stereocenters. The number of fused-ring (bicyclic) bond motifs is 1. The smallest absolute Gasteiger partial charge is 0.145 e. The van der Waals surface area contributed by atoms with Gasteiger partial charge < -0.3 is 10.8 Å². The molecule has 0 saturated carbocycles. The van der Waals surface area contributed by atoms with E-state index in [2.05, 4.69) is 0 Å². The van der Waals surface area contributed by atoms with Crippen molar-refractivity contribution in [1.82, 2.24) is 0 Å². The van der Waals surface area contributed by atoms with Crippen LogP contribution in [0, 0.1) is 5.82 Å². The first kappa shape index (κ1) is 11.8. The first-order chi connectivity index (χ1) is 7.64. The second-order valence-electron chi connectivity index (χ2n) is 4.38. The molecule has 4 heteroatoms. The zero-order valence-electron chi connectivity index (χ0n) is 8.97. The van der Waals surface area contributed by atoms with E-state index in [9.17, 15) is 9.50 Å². The normalized spacial score (nSPS) is 24.2. The molecule has 0 radical (unpaired) electrons. The highest BCUT2D eigenvalue weighted by atomic mass is 35.5. The highest BCUT2D eigenvalue weighted by Gasteiger charge is 2.36. The zero-order valence-corrected chi connectivity index (χ0v) is 9.73. The van der Waals surface area contributed by atoms with Crippen LogP contribution in [0.5, 0.6) is 0 Å². The molecule has 1 aliphatic carbocycles. The average Bonchev–Trinajstić information content (AvgIpc) is 2.33. The molecule has 0 amide bonds. The van der Waals surface area contributed by atoms with E-state index in [4.69, 9.17) is 17.3 Å². The van der Waals surface area contributed by atoms with Gasteiger partial charge in [0.2, 0.25) is 0 Å². The Kier molecular flexibility index (Phi) is 3.19. The Hall–Kier alpha value is -0.640. The van der Waals surface area contributed by atoms with Crippen molar-refractivity contribution < 1.29 is 9.50 Å². The highest BCUT2D eigenvalue weighted by Crippen LogP contribution is 2.39. The third kappa shape index (κ3) is 1.63. The molecule has 0 spiro atoms. The second-order valence-corrected chi connectivity index (χ2v) is 4.79. The highest BCUT2D eigenvalue weighted by molar-refractivity contribution is 6.30. The number of benzene rings is 1. The summed E-state index contributed by atoms with van der Waals surface area (Å²) in [4.78, 5) is 0. The minimum absolute atomic E-state index is 0.0441. The number of rotatable bonds is 2. The van der Waals surface area contributed by atoms with Crippen molar-refractivity contribution in [2.75, 3.05) is 13.2 Å². The van der Waals surface area contributed by atoms with Crippen LogP contribution in [0.3, 0.4) is 0 Å². The van der Waals surface area contributed by atoms with Crippen LogP contribution in [0.25, 0.3) is 0 Å². The Bertz CT molecular complexity index is 404. The van der Waals surface area contributed by atoms with Crippen LogP contribution in [0.2, 0.25) is 5.02 Å². The Morgan fingerprint density at radius 1 is 1.50 bits per heavy atom. The van der Waals surface area contributed by atoms with E-state index < -0.39 is 5.41 Å². The van der Waals surface area contributed by atoms with E-state index in [0.29, 0.717) is 18.5 Å². The van der Waals surface area contributed by atoms with Gasteiger partial charge in [-0.2, -0.15) is 0 Å². The largest absolute Gasteiger partial charge is 0.395 e. The number of nitrogens with two attached hydrogens (primary N) is 1. The number of hydrogen-bond donors (Lipinski definition) is 2. The lowest BCUT2D eigenvalue weighted by Crippen LogP contribution is -2.42. The minimum atomic E-state index is -0.487. The standard InChI is InChI=1S/C12H15ClFNO/c13-10-4-3-9-8(11(10)14)2-1-5-12(9,6-15)7-16/h3-4,16H,1-2,5-7,15H2. The molecule has 1 aliphatic rings. The zero-order chi connectivity index (χ0) is 11.8. The fraction of sp³-hybridized carbons (Fsp3) is 0.500. The van der Waals surface area contributed by atoms with E-state index in [1.165, 1.54) is 0 Å². The summed E-state index contributed by atoms with van der Waals surface area (Å²) in [6.45, 7) is 0.287. The number of hydrogen-bond acceptors (Lipinski definition) is 2. The van der Waals surface area contributed by atoms with Gasteiger partial charge in [0.05, 0.1) is 11.6 Å². The molecule has 16 heavy (non-hydrogen) atoms. The third-order valence-electron chi connectivity index (χ3n) is 3.54. The van der Waals surface area contributed by atoms with Gasteiger partial charge in [-0.05, 0) is 36.5 Å². The lowest BCUT2D eigenvalue weighted by atomic mass is 9.70. The van der Waals surface area contributed by atoms with Crippen molar-refractivity contribution in [3.8, 4) is 0 Å². The Morgan fingerprint density at radius 2 is 2.25 bits per heavy atom. The van der Waals surface area contributed by atoms with E-state index in [1.807, 2.05) is 0 Å². The summed E-state index contributed by atoms with van der Waals surface area (Å²) in [5, 5.41) is 9.66. The summed E-state index contributed by atoms with van der Waals surface area (Å²) >= 11 is 5.76. The quantitative estimate of drug-likeness (QED) is 0.835. The van der Waals surface area contributed by atoms with Gasteiger partial charge in [0.25, 0.3) is 0 Å². The number of aliphatic hydroxyl groups excluding tert-OH is 1. The van der Waals surface area contributed by atoms with Gasteiger partial charge in [0, 0.05) is 12.0 Å². The lowest BCUT2D eigenvalue weighted by Gasteiger charge is -2.37. The predicted molar refractivity (Wildman–Crippen MR) is 62.2 cm³/mol. The lowest BCUT2D eigenvalue weighted by molar-refractivity contribution is 0.178. The Labute approximate surface area is 99.2 Å². The van der Waals surface area contributed by atoms with Crippen molar-refractivity contribution in [3.05, 3.63) is 34.1 Å². The summed E-state index contributed by atoms with van der Waals surface area (Å²) < 4.78 is 13.8. The molecule has 2 nitrogen and oxygen atoms in total. The van der Waals surface area contributed by atoms with Gasteiger partial charge in [-0.25, -0.2) is 4.39 Å². The Morgan fingerprint density at radius 3 is 2.88 bits per heavy atom. The van der Waals surface area contributed by atoms with Gasteiger partial charge in [-0.15, -0.1) is 0 Å². The number of aliphatic hydroxyl groups is 1. The van der Waals surface area contributed by atoms with Crippen LogP contribution < -0.4 is 5.73 Å². The molecule has 0 aromatic heterocycles. The Balaban J connectivity index is 2.59. The van der Waals surface area contributed by atoms with Crippen molar-refractivity contribution in [1.29, 1.82) is 0 Å². The molecule has 3 N–H and O–H groups in total. The molecule has 0 bridgehead atoms. The van der Waals surface area contributed by atoms with Crippen molar-refractivity contribution in [2.24, 2.45) is 5.73 Å². The maximum atomic E-state index is 13.8. The monoisotopic (exact) mass is 243 g/mol. The first-order valence-corrected chi connectivity index (χ1v) is 5.81. The van der Waals surface area contributed by atoms with E-state index >= 15 is 0 Å². The van der Waals surface area contributed by atoms with Gasteiger partial charge >= 0.3 is 0 Å². The van der Waals surface area contributed by atoms with Crippen molar-refractivity contribution >= 4 is 11.6 Å². The second kappa shape index (κ2) is 4.32. The fourth-order valence-corrected chi connectivity index (χ4v) is 2.69. The summed E-state index contributed by atoms with van der Waals surface area (Å²) in [5.74, 6) is -0.356. The summed E-state index contributed by atoms with van der Waals surface area (Å²) in [5.41, 5.74) is 6.70. The molecule has 0 heterocycles. The van der Waals surface area contributed by atoms with Crippen LogP contribution in [0.1, 0.15) is 24.0 Å². The topological polar surface area (TPSA) is 46.2 Å². The molecule has 1 atom stereocenters. The summed E-state index contributed by atoms with van der Waals surface area (Å²) in [6.07, 6.45) is 2.31. The van der Waals surface area contributed by atoms with E-state index in [-0.39, 0.29) is 17.4 Å². The summed E-state index contributed by atoms with van der Waals surface area (Å²) in [6, 6.07) is 3.34. The molecule has 1 aromatic rings. The SMILES string of the molecule is NCC1(CO)CCCc2c1ccc(Cl)c2F. The van der Waals surface area contributed by atoms with Crippen LogP contribution >= 0.6 is 11.6 Å². The van der Waals surface area contributed by atoms with Crippen molar-refractivity contribution in [2.45, 2.75) is 24.7 Å². The van der Waals surface area contributed by atoms with Gasteiger partial charge in [-0.1, -0.05) is 17.7 Å². The third-order valence-corrected chi connectivity index (χ3v) is 3.83. The van der Waals surface area contributed by atoms with Gasteiger partial charge in [0.15, 0.2) is 0 Å². The maximum absolute atomic E-state index is 13.8. The number of halogens is 2. The molecule has 88 valence electrons. The van der Waals surface area contributed by atoms with E-state index in [0.717, 1.165) is 18.4 Å². The molecule has 1 aromatic carbocycles. The molecule has 0 saturated heterocycles. The van der Waals surface area contributed by atoms with Crippen molar-refractivity contribution in [3.63, 3.8) is 0 Å². The van der Waals surface area contributed by atoms with Crippen LogP contribution in [-0.4, -0.2) is 18.3 Å². The predicted octanol–water partition coefficient (Wildman–Crippen LogP) is 2.00. The minimum Gasteiger partial charge on any atom is -0.395 e. The van der Waals surface area contributed by atoms with Gasteiger partial charge in [0.1, 0.15) is 5.82 Å². The summed E-state index contributed by atoms with van der Waals surface area (Å²) in [7, 11) is 0. The van der Waals surface area contributed by atoms with E-state index in [1.54, 1.807) is 12.1 Å². The van der Waals surface area contributed by atoms with Crippen LogP contribution in [0.15, 0.2) is 12.1 Å². The average molecular weight is 244 g/mol. The fourth-order valence-electron chi connectivity index (χ4n) is 2.51. The molecular formula is C12H15ClFNO. The van der Waals surface area contributed by atoms with Gasteiger partial charge in [-0.3, -0.25) is 0 Å². The molecule has 0 fully saturated rings.